The Bertz CT molecular complexity index is 540. The molecule has 1 saturated heterocycles. The van der Waals surface area contributed by atoms with E-state index in [1.807, 2.05) is 12.1 Å². The summed E-state index contributed by atoms with van der Waals surface area (Å²) < 4.78 is 5.40. The van der Waals surface area contributed by atoms with Crippen LogP contribution in [-0.2, 0) is 11.3 Å². The van der Waals surface area contributed by atoms with E-state index in [0.717, 1.165) is 57.7 Å². The zero-order valence-electron chi connectivity index (χ0n) is 15.0. The topological polar surface area (TPSA) is 53.0 Å². The molecule has 1 aliphatic heterocycles. The van der Waals surface area contributed by atoms with Crippen molar-refractivity contribution in [2.75, 3.05) is 39.4 Å². The summed E-state index contributed by atoms with van der Waals surface area (Å²) in [4.78, 5) is 17.2. The molecular formula is C20H30N2O3. The predicted octanol–water partition coefficient (Wildman–Crippen LogP) is 2.28. The first-order chi connectivity index (χ1) is 12.3. The van der Waals surface area contributed by atoms with Gasteiger partial charge in [0.05, 0.1) is 6.61 Å². The van der Waals surface area contributed by atoms with E-state index in [1.165, 1.54) is 18.4 Å². The summed E-state index contributed by atoms with van der Waals surface area (Å²) in [7, 11) is 0. The van der Waals surface area contributed by atoms with Crippen LogP contribution in [0.2, 0.25) is 0 Å². The Labute approximate surface area is 150 Å². The first-order valence-corrected chi connectivity index (χ1v) is 9.60. The molecule has 25 heavy (non-hydrogen) atoms. The molecule has 1 aliphatic carbocycles. The van der Waals surface area contributed by atoms with Crippen LogP contribution in [0.4, 0.5) is 0 Å². The highest BCUT2D eigenvalue weighted by molar-refractivity contribution is 5.79. The van der Waals surface area contributed by atoms with Gasteiger partial charge in [-0.05, 0) is 37.0 Å². The van der Waals surface area contributed by atoms with Gasteiger partial charge >= 0.3 is 0 Å². The minimum absolute atomic E-state index is 0.0333. The average Bonchev–Trinajstić information content (AvgIpc) is 3.08. The van der Waals surface area contributed by atoms with Crippen molar-refractivity contribution >= 4 is 5.91 Å². The number of hydrogen-bond donors (Lipinski definition) is 1. The Hall–Kier alpha value is -1.59. The van der Waals surface area contributed by atoms with Gasteiger partial charge in [-0.2, -0.15) is 0 Å². The Morgan fingerprint density at radius 2 is 1.80 bits per heavy atom. The Morgan fingerprint density at radius 1 is 1.04 bits per heavy atom. The van der Waals surface area contributed by atoms with Crippen molar-refractivity contribution in [1.29, 1.82) is 0 Å². The van der Waals surface area contributed by atoms with E-state index in [-0.39, 0.29) is 12.5 Å². The van der Waals surface area contributed by atoms with Crippen molar-refractivity contribution in [3.05, 3.63) is 29.8 Å². The second-order valence-corrected chi connectivity index (χ2v) is 7.15. The maximum Gasteiger partial charge on any atom is 0.225 e. The van der Waals surface area contributed by atoms with Gasteiger partial charge in [-0.3, -0.25) is 9.69 Å². The summed E-state index contributed by atoms with van der Waals surface area (Å²) in [6, 6.07) is 8.08. The molecular weight excluding hydrogens is 316 g/mol. The van der Waals surface area contributed by atoms with Gasteiger partial charge in [-0.25, -0.2) is 0 Å². The molecule has 1 saturated carbocycles. The third-order valence-electron chi connectivity index (χ3n) is 5.29. The number of hydrogen-bond acceptors (Lipinski definition) is 4. The van der Waals surface area contributed by atoms with Crippen LogP contribution in [0, 0.1) is 5.92 Å². The molecule has 5 heteroatoms. The molecule has 5 nitrogen and oxygen atoms in total. The SMILES string of the molecule is O=C(C1CCCC1)N1CCCN(Cc2ccc(OCCO)cc2)CC1. The van der Waals surface area contributed by atoms with Crippen LogP contribution in [0.1, 0.15) is 37.7 Å². The molecule has 2 aliphatic rings. The smallest absolute Gasteiger partial charge is 0.225 e. The van der Waals surface area contributed by atoms with Crippen LogP contribution in [-0.4, -0.2) is 60.2 Å². The first-order valence-electron chi connectivity index (χ1n) is 9.60. The number of nitrogens with zero attached hydrogens (tertiary/aromatic N) is 2. The number of benzene rings is 1. The number of rotatable bonds is 6. The highest BCUT2D eigenvalue weighted by atomic mass is 16.5. The highest BCUT2D eigenvalue weighted by Crippen LogP contribution is 2.27. The number of ether oxygens (including phenoxy) is 1. The molecule has 2 fully saturated rings. The van der Waals surface area contributed by atoms with E-state index in [2.05, 4.69) is 21.9 Å². The molecule has 0 radical (unpaired) electrons. The van der Waals surface area contributed by atoms with Crippen LogP contribution in [0.15, 0.2) is 24.3 Å². The van der Waals surface area contributed by atoms with Crippen molar-refractivity contribution in [1.82, 2.24) is 9.80 Å². The fourth-order valence-electron chi connectivity index (χ4n) is 3.89. The number of carbonyl (C=O) groups excluding carboxylic acids is 1. The second-order valence-electron chi connectivity index (χ2n) is 7.15. The van der Waals surface area contributed by atoms with Crippen molar-refractivity contribution in [3.8, 4) is 5.75 Å². The van der Waals surface area contributed by atoms with Crippen LogP contribution >= 0.6 is 0 Å². The summed E-state index contributed by atoms with van der Waals surface area (Å²) in [6.45, 7) is 5.01. The standard InChI is InChI=1S/C20H30N2O3/c23-14-15-25-19-8-6-17(7-9-19)16-21-10-3-11-22(13-12-21)20(24)18-4-1-2-5-18/h6-9,18,23H,1-5,10-16H2. The minimum Gasteiger partial charge on any atom is -0.491 e. The highest BCUT2D eigenvalue weighted by Gasteiger charge is 2.28. The molecule has 0 aromatic heterocycles. The summed E-state index contributed by atoms with van der Waals surface area (Å²) in [5, 5.41) is 8.80. The molecule has 1 aromatic carbocycles. The van der Waals surface area contributed by atoms with E-state index in [1.54, 1.807) is 0 Å². The normalized spacial score (nSPS) is 19.8. The summed E-state index contributed by atoms with van der Waals surface area (Å²) in [5.41, 5.74) is 1.26. The summed E-state index contributed by atoms with van der Waals surface area (Å²) in [6.07, 6.45) is 5.66. The fraction of sp³-hybridized carbons (Fsp3) is 0.650. The zero-order chi connectivity index (χ0) is 17.5. The van der Waals surface area contributed by atoms with E-state index >= 15 is 0 Å². The fourth-order valence-corrected chi connectivity index (χ4v) is 3.89. The quantitative estimate of drug-likeness (QED) is 0.859. The third-order valence-corrected chi connectivity index (χ3v) is 5.29. The maximum atomic E-state index is 12.6. The second kappa shape index (κ2) is 9.20. The van der Waals surface area contributed by atoms with E-state index < -0.39 is 0 Å². The first kappa shape index (κ1) is 18.2. The van der Waals surface area contributed by atoms with Crippen LogP contribution in [0.5, 0.6) is 5.75 Å². The summed E-state index contributed by atoms with van der Waals surface area (Å²) >= 11 is 0. The maximum absolute atomic E-state index is 12.6. The third kappa shape index (κ3) is 5.19. The van der Waals surface area contributed by atoms with Crippen LogP contribution in [0.25, 0.3) is 0 Å². The molecule has 0 bridgehead atoms. The van der Waals surface area contributed by atoms with Gasteiger partial charge in [-0.15, -0.1) is 0 Å². The van der Waals surface area contributed by atoms with Crippen molar-refractivity contribution in [2.45, 2.75) is 38.6 Å². The van der Waals surface area contributed by atoms with E-state index in [4.69, 9.17) is 9.84 Å². The largest absolute Gasteiger partial charge is 0.491 e. The monoisotopic (exact) mass is 346 g/mol. The minimum atomic E-state index is 0.0333. The molecule has 3 rings (SSSR count). The molecule has 0 unspecified atom stereocenters. The molecule has 0 spiro atoms. The molecule has 1 amide bonds. The number of carbonyl (C=O) groups is 1. The van der Waals surface area contributed by atoms with Gasteiger partial charge in [0, 0.05) is 38.6 Å². The van der Waals surface area contributed by atoms with Gasteiger partial charge in [0.1, 0.15) is 12.4 Å². The number of aliphatic hydroxyl groups excluding tert-OH is 1. The van der Waals surface area contributed by atoms with Gasteiger partial charge in [0.25, 0.3) is 0 Å². The van der Waals surface area contributed by atoms with Crippen molar-refractivity contribution in [3.63, 3.8) is 0 Å². The lowest BCUT2D eigenvalue weighted by Crippen LogP contribution is -2.38. The molecule has 138 valence electrons. The van der Waals surface area contributed by atoms with Gasteiger partial charge in [0.2, 0.25) is 5.91 Å². The number of aliphatic hydroxyl groups is 1. The molecule has 1 N–H and O–H groups in total. The Balaban J connectivity index is 1.48. The van der Waals surface area contributed by atoms with Gasteiger partial charge in [0.15, 0.2) is 0 Å². The van der Waals surface area contributed by atoms with Gasteiger partial charge < -0.3 is 14.7 Å². The molecule has 0 atom stereocenters. The van der Waals surface area contributed by atoms with Crippen molar-refractivity contribution in [2.24, 2.45) is 5.92 Å². The van der Waals surface area contributed by atoms with E-state index in [0.29, 0.717) is 12.5 Å². The van der Waals surface area contributed by atoms with Crippen molar-refractivity contribution < 1.29 is 14.6 Å². The lowest BCUT2D eigenvalue weighted by atomic mass is 10.1. The van der Waals surface area contributed by atoms with Crippen LogP contribution < -0.4 is 4.74 Å². The van der Waals surface area contributed by atoms with E-state index in [9.17, 15) is 4.79 Å². The molecule has 1 aromatic rings. The molecule has 1 heterocycles. The lowest BCUT2D eigenvalue weighted by Gasteiger charge is -2.24. The number of amides is 1. The van der Waals surface area contributed by atoms with Gasteiger partial charge in [-0.1, -0.05) is 25.0 Å². The lowest BCUT2D eigenvalue weighted by molar-refractivity contribution is -0.135. The predicted molar refractivity (Wildman–Crippen MR) is 97.5 cm³/mol. The Morgan fingerprint density at radius 3 is 2.52 bits per heavy atom. The summed E-state index contributed by atoms with van der Waals surface area (Å²) in [5.74, 6) is 1.48. The zero-order valence-corrected chi connectivity index (χ0v) is 15.0. The Kier molecular flexibility index (Phi) is 6.70. The average molecular weight is 346 g/mol. The van der Waals surface area contributed by atoms with Crippen LogP contribution in [0.3, 0.4) is 0 Å².